The summed E-state index contributed by atoms with van der Waals surface area (Å²) in [6.07, 6.45) is 8.20. The van der Waals surface area contributed by atoms with Crippen LogP contribution in [0.15, 0.2) is 18.3 Å². The van der Waals surface area contributed by atoms with Crippen molar-refractivity contribution in [1.29, 1.82) is 0 Å². The summed E-state index contributed by atoms with van der Waals surface area (Å²) in [5, 5.41) is 12.0. The number of urea groups is 1. The van der Waals surface area contributed by atoms with Crippen LogP contribution in [0.1, 0.15) is 44.1 Å². The highest BCUT2D eigenvalue weighted by Crippen LogP contribution is 2.18. The normalized spacial score (nSPS) is 21.2. The summed E-state index contributed by atoms with van der Waals surface area (Å²) in [6.45, 7) is 3.42. The highest BCUT2D eigenvalue weighted by atomic mass is 16.4. The Bertz CT molecular complexity index is 612. The molecule has 0 radical (unpaired) electrons. The van der Waals surface area contributed by atoms with Crippen LogP contribution in [0.25, 0.3) is 0 Å². The number of nitrogens with one attached hydrogen (secondary N) is 1. The Hall–Kier alpha value is -2.31. The van der Waals surface area contributed by atoms with E-state index in [4.69, 9.17) is 5.11 Å². The lowest BCUT2D eigenvalue weighted by molar-refractivity contribution is -0.143. The Balaban J connectivity index is 1.49. The van der Waals surface area contributed by atoms with Crippen LogP contribution in [0.2, 0.25) is 0 Å². The molecule has 2 aliphatic rings. The van der Waals surface area contributed by atoms with E-state index in [0.29, 0.717) is 19.5 Å². The van der Waals surface area contributed by atoms with E-state index >= 15 is 0 Å². The molecule has 1 aromatic heterocycles. The predicted molar refractivity (Wildman–Crippen MR) is 99.1 cm³/mol. The van der Waals surface area contributed by atoms with Gasteiger partial charge in [0.1, 0.15) is 5.82 Å². The maximum Gasteiger partial charge on any atom is 0.317 e. The lowest BCUT2D eigenvalue weighted by Gasteiger charge is -2.30. The van der Waals surface area contributed by atoms with Crippen LogP contribution in [0.3, 0.4) is 0 Å². The van der Waals surface area contributed by atoms with E-state index in [1.54, 1.807) is 4.90 Å². The van der Waals surface area contributed by atoms with Gasteiger partial charge in [0.2, 0.25) is 0 Å². The quantitative estimate of drug-likeness (QED) is 0.861. The van der Waals surface area contributed by atoms with Crippen molar-refractivity contribution in [2.45, 2.75) is 45.1 Å². The number of carbonyl (C=O) groups is 2. The molecule has 26 heavy (non-hydrogen) atoms. The number of carboxylic acid groups (broad SMARTS) is 1. The molecule has 0 bridgehead atoms. The third-order valence-corrected chi connectivity index (χ3v) is 5.24. The van der Waals surface area contributed by atoms with Crippen molar-refractivity contribution in [1.82, 2.24) is 15.2 Å². The number of aromatic nitrogens is 1. The van der Waals surface area contributed by atoms with Gasteiger partial charge in [-0.25, -0.2) is 9.78 Å². The largest absolute Gasteiger partial charge is 0.481 e. The molecule has 2 amide bonds. The van der Waals surface area contributed by atoms with Gasteiger partial charge in [0.05, 0.1) is 5.92 Å². The van der Waals surface area contributed by atoms with Crippen molar-refractivity contribution in [3.05, 3.63) is 23.9 Å². The first-order valence-corrected chi connectivity index (χ1v) is 9.59. The third kappa shape index (κ3) is 4.86. The van der Waals surface area contributed by atoms with Gasteiger partial charge in [-0.3, -0.25) is 4.79 Å². The smallest absolute Gasteiger partial charge is 0.317 e. The van der Waals surface area contributed by atoms with Crippen LogP contribution in [-0.2, 0) is 11.3 Å². The Morgan fingerprint density at radius 3 is 2.54 bits per heavy atom. The summed E-state index contributed by atoms with van der Waals surface area (Å²) in [7, 11) is 0. The Labute approximate surface area is 154 Å². The molecule has 1 aromatic rings. The predicted octanol–water partition coefficient (Wildman–Crippen LogP) is 2.47. The molecule has 0 spiro atoms. The number of anilines is 1. The van der Waals surface area contributed by atoms with Crippen LogP contribution in [0.5, 0.6) is 0 Å². The number of hydrogen-bond acceptors (Lipinski definition) is 4. The molecule has 0 aromatic carbocycles. The fraction of sp³-hybridized carbons (Fsp3) is 0.632. The maximum absolute atomic E-state index is 12.3. The van der Waals surface area contributed by atoms with Crippen LogP contribution < -0.4 is 10.2 Å². The van der Waals surface area contributed by atoms with E-state index in [2.05, 4.69) is 15.2 Å². The minimum absolute atomic E-state index is 0.201. The van der Waals surface area contributed by atoms with Gasteiger partial charge in [-0.15, -0.1) is 0 Å². The number of hydrogen-bond donors (Lipinski definition) is 2. The number of carboxylic acids is 1. The van der Waals surface area contributed by atoms with Gasteiger partial charge >= 0.3 is 12.0 Å². The van der Waals surface area contributed by atoms with Gasteiger partial charge < -0.3 is 20.2 Å². The molecule has 1 atom stereocenters. The molecule has 2 fully saturated rings. The van der Waals surface area contributed by atoms with E-state index in [-0.39, 0.29) is 12.6 Å². The molecule has 1 unspecified atom stereocenters. The minimum atomic E-state index is -0.823. The van der Waals surface area contributed by atoms with Crippen molar-refractivity contribution in [2.24, 2.45) is 5.92 Å². The average Bonchev–Trinajstić information content (AvgIpc) is 2.96. The van der Waals surface area contributed by atoms with Crippen LogP contribution in [0, 0.1) is 5.92 Å². The molecule has 3 rings (SSSR count). The zero-order valence-corrected chi connectivity index (χ0v) is 15.2. The summed E-state index contributed by atoms with van der Waals surface area (Å²) in [6, 6.07) is 3.82. The number of pyridine rings is 1. The first-order valence-electron chi connectivity index (χ1n) is 9.59. The molecule has 2 aliphatic heterocycles. The van der Waals surface area contributed by atoms with Crippen molar-refractivity contribution >= 4 is 17.8 Å². The lowest BCUT2D eigenvalue weighted by Crippen LogP contribution is -2.46. The van der Waals surface area contributed by atoms with Gasteiger partial charge in [-0.05, 0) is 37.3 Å². The number of piperidine rings is 1. The number of amides is 2. The second kappa shape index (κ2) is 8.87. The van der Waals surface area contributed by atoms with Crippen molar-refractivity contribution < 1.29 is 14.7 Å². The second-order valence-electron chi connectivity index (χ2n) is 7.21. The molecular weight excluding hydrogens is 332 g/mol. The third-order valence-electron chi connectivity index (χ3n) is 5.24. The van der Waals surface area contributed by atoms with E-state index in [1.807, 2.05) is 18.3 Å². The molecule has 2 N–H and O–H groups in total. The van der Waals surface area contributed by atoms with Gasteiger partial charge in [0.15, 0.2) is 0 Å². The lowest BCUT2D eigenvalue weighted by atomic mass is 9.99. The van der Waals surface area contributed by atoms with E-state index in [9.17, 15) is 9.59 Å². The highest BCUT2D eigenvalue weighted by Gasteiger charge is 2.27. The number of rotatable bonds is 4. The summed E-state index contributed by atoms with van der Waals surface area (Å²) in [4.78, 5) is 31.9. The van der Waals surface area contributed by atoms with E-state index in [0.717, 1.165) is 30.9 Å². The topological polar surface area (TPSA) is 85.8 Å². The summed E-state index contributed by atoms with van der Waals surface area (Å²) in [5.74, 6) is -0.276. The molecule has 2 saturated heterocycles. The van der Waals surface area contributed by atoms with Crippen molar-refractivity contribution in [3.63, 3.8) is 0 Å². The Morgan fingerprint density at radius 2 is 1.88 bits per heavy atom. The number of carbonyl (C=O) groups excluding carboxylic acids is 1. The van der Waals surface area contributed by atoms with Gasteiger partial charge in [0, 0.05) is 38.9 Å². The van der Waals surface area contributed by atoms with E-state index < -0.39 is 11.9 Å². The first-order chi connectivity index (χ1) is 12.6. The monoisotopic (exact) mass is 360 g/mol. The van der Waals surface area contributed by atoms with Crippen LogP contribution >= 0.6 is 0 Å². The summed E-state index contributed by atoms with van der Waals surface area (Å²) < 4.78 is 0. The van der Waals surface area contributed by atoms with Gasteiger partial charge in [-0.1, -0.05) is 18.9 Å². The van der Waals surface area contributed by atoms with Gasteiger partial charge in [-0.2, -0.15) is 0 Å². The molecule has 3 heterocycles. The highest BCUT2D eigenvalue weighted by molar-refractivity contribution is 5.76. The van der Waals surface area contributed by atoms with Crippen LogP contribution in [0.4, 0.5) is 10.6 Å². The Morgan fingerprint density at radius 1 is 1.12 bits per heavy atom. The fourth-order valence-corrected chi connectivity index (χ4v) is 3.66. The molecule has 7 heteroatoms. The molecule has 0 aliphatic carbocycles. The zero-order chi connectivity index (χ0) is 18.4. The van der Waals surface area contributed by atoms with E-state index in [1.165, 1.54) is 25.7 Å². The molecule has 0 saturated carbocycles. The fourth-order valence-electron chi connectivity index (χ4n) is 3.66. The number of aliphatic carboxylic acids is 1. The standard InChI is InChI=1S/C19H28N4O3/c24-18(25)16-6-5-11-23(14-16)19(26)21-13-15-7-8-17(20-12-15)22-9-3-1-2-4-10-22/h7-8,12,16H,1-6,9-11,13-14H2,(H,21,26)(H,24,25). The number of nitrogens with zero attached hydrogens (tertiary/aromatic N) is 3. The van der Waals surface area contributed by atoms with Gasteiger partial charge in [0.25, 0.3) is 0 Å². The second-order valence-corrected chi connectivity index (χ2v) is 7.21. The summed E-state index contributed by atoms with van der Waals surface area (Å²) in [5.41, 5.74) is 0.948. The molecule has 142 valence electrons. The number of likely N-dealkylation sites (tertiary alicyclic amines) is 1. The first kappa shape index (κ1) is 18.5. The van der Waals surface area contributed by atoms with Crippen molar-refractivity contribution in [2.75, 3.05) is 31.1 Å². The average molecular weight is 360 g/mol. The molecule has 7 nitrogen and oxygen atoms in total. The van der Waals surface area contributed by atoms with Crippen LogP contribution in [-0.4, -0.2) is 53.2 Å². The minimum Gasteiger partial charge on any atom is -0.481 e. The zero-order valence-electron chi connectivity index (χ0n) is 15.2. The maximum atomic E-state index is 12.3. The molecular formula is C19H28N4O3. The van der Waals surface area contributed by atoms with Crippen molar-refractivity contribution in [3.8, 4) is 0 Å². The Kier molecular flexibility index (Phi) is 6.30. The SMILES string of the molecule is O=C(O)C1CCCN(C(=O)NCc2ccc(N3CCCCCC3)nc2)C1. The summed E-state index contributed by atoms with van der Waals surface area (Å²) >= 11 is 0.